The minimum absolute atomic E-state index is 0.369. The Balaban J connectivity index is 1.74. The van der Waals surface area contributed by atoms with Crippen LogP contribution in [0.3, 0.4) is 0 Å². The second kappa shape index (κ2) is 7.57. The van der Waals surface area contributed by atoms with Gasteiger partial charge < -0.3 is 15.2 Å². The van der Waals surface area contributed by atoms with Crippen molar-refractivity contribution >= 4 is 17.2 Å². The molecule has 2 rings (SSSR count). The molecule has 5 heteroatoms. The molecule has 1 aliphatic rings. The fourth-order valence-electron chi connectivity index (χ4n) is 2.42. The van der Waals surface area contributed by atoms with Gasteiger partial charge >= 0.3 is 0 Å². The van der Waals surface area contributed by atoms with Crippen LogP contribution >= 0.6 is 12.2 Å². The summed E-state index contributed by atoms with van der Waals surface area (Å²) in [6.45, 7) is 3.74. The Kier molecular flexibility index (Phi) is 5.76. The molecule has 1 aromatic carbocycles. The first-order chi connectivity index (χ1) is 9.69. The quantitative estimate of drug-likeness (QED) is 0.811. The second-order valence-corrected chi connectivity index (χ2v) is 5.48. The number of nitrogens with zero attached hydrogens (tertiary/aromatic N) is 1. The van der Waals surface area contributed by atoms with E-state index < -0.39 is 0 Å². The van der Waals surface area contributed by atoms with Gasteiger partial charge in [-0.2, -0.15) is 0 Å². The van der Waals surface area contributed by atoms with Gasteiger partial charge in [0, 0.05) is 25.8 Å². The number of hydrogen-bond acceptors (Lipinski definition) is 4. The molecule has 0 amide bonds. The minimum Gasteiger partial charge on any atom is -0.492 e. The molecule has 20 heavy (non-hydrogen) atoms. The van der Waals surface area contributed by atoms with Crippen molar-refractivity contribution in [2.24, 2.45) is 5.73 Å². The lowest BCUT2D eigenvalue weighted by Gasteiger charge is -2.31. The van der Waals surface area contributed by atoms with Crippen LogP contribution in [0.15, 0.2) is 24.3 Å². The van der Waals surface area contributed by atoms with Gasteiger partial charge in [0.25, 0.3) is 0 Å². The van der Waals surface area contributed by atoms with Crippen LogP contribution in [0, 0.1) is 0 Å². The molecule has 0 radical (unpaired) electrons. The van der Waals surface area contributed by atoms with Crippen LogP contribution in [0.5, 0.6) is 5.75 Å². The Morgan fingerprint density at radius 3 is 2.80 bits per heavy atom. The maximum Gasteiger partial charge on any atom is 0.119 e. The minimum atomic E-state index is 0.369. The van der Waals surface area contributed by atoms with Crippen molar-refractivity contribution in [1.82, 2.24) is 4.90 Å². The highest BCUT2D eigenvalue weighted by Gasteiger charge is 2.18. The molecule has 0 aliphatic carbocycles. The van der Waals surface area contributed by atoms with Gasteiger partial charge in [-0.3, -0.25) is 4.90 Å². The summed E-state index contributed by atoms with van der Waals surface area (Å²) in [6.07, 6.45) is 2.73. The number of piperidine rings is 1. The van der Waals surface area contributed by atoms with Crippen molar-refractivity contribution < 1.29 is 9.47 Å². The van der Waals surface area contributed by atoms with E-state index in [4.69, 9.17) is 27.4 Å². The summed E-state index contributed by atoms with van der Waals surface area (Å²) < 4.78 is 11.2. The van der Waals surface area contributed by atoms with Gasteiger partial charge in [-0.1, -0.05) is 12.2 Å². The van der Waals surface area contributed by atoms with E-state index in [-0.39, 0.29) is 0 Å². The smallest absolute Gasteiger partial charge is 0.119 e. The molecule has 1 aliphatic heterocycles. The Morgan fingerprint density at radius 1 is 1.40 bits per heavy atom. The van der Waals surface area contributed by atoms with Gasteiger partial charge in [-0.25, -0.2) is 0 Å². The highest BCUT2D eigenvalue weighted by molar-refractivity contribution is 7.80. The van der Waals surface area contributed by atoms with Crippen molar-refractivity contribution in [3.05, 3.63) is 29.8 Å². The summed E-state index contributed by atoms with van der Waals surface area (Å²) in [7, 11) is 1.79. The molecular formula is C15H22N2O2S. The van der Waals surface area contributed by atoms with Gasteiger partial charge in [0.2, 0.25) is 0 Å². The van der Waals surface area contributed by atoms with Gasteiger partial charge in [0.15, 0.2) is 0 Å². The number of thiocarbonyl (C=S) groups is 1. The van der Waals surface area contributed by atoms with Crippen LogP contribution in [-0.2, 0) is 4.74 Å². The van der Waals surface area contributed by atoms with Crippen LogP contribution in [0.4, 0.5) is 0 Å². The van der Waals surface area contributed by atoms with Gasteiger partial charge in [-0.15, -0.1) is 0 Å². The molecule has 1 unspecified atom stereocenters. The Morgan fingerprint density at radius 2 is 2.15 bits per heavy atom. The lowest BCUT2D eigenvalue weighted by atomic mass is 10.1. The van der Waals surface area contributed by atoms with Crippen LogP contribution < -0.4 is 10.5 Å². The number of nitrogens with two attached hydrogens (primary N) is 1. The molecule has 0 saturated carbocycles. The third-order valence-corrected chi connectivity index (χ3v) is 3.85. The monoisotopic (exact) mass is 294 g/mol. The normalized spacial score (nSPS) is 19.8. The first-order valence-corrected chi connectivity index (χ1v) is 7.37. The zero-order valence-electron chi connectivity index (χ0n) is 11.9. The third-order valence-electron chi connectivity index (χ3n) is 3.61. The molecule has 110 valence electrons. The fourth-order valence-corrected chi connectivity index (χ4v) is 2.55. The Labute approximate surface area is 125 Å². The van der Waals surface area contributed by atoms with Crippen molar-refractivity contribution in [2.45, 2.75) is 18.9 Å². The molecule has 0 bridgehead atoms. The summed E-state index contributed by atoms with van der Waals surface area (Å²) in [5, 5.41) is 0. The summed E-state index contributed by atoms with van der Waals surface area (Å²) in [6, 6.07) is 7.59. The van der Waals surface area contributed by atoms with E-state index in [2.05, 4.69) is 4.90 Å². The predicted molar refractivity (Wildman–Crippen MR) is 84.3 cm³/mol. The maximum absolute atomic E-state index is 5.75. The summed E-state index contributed by atoms with van der Waals surface area (Å²) in [5.41, 5.74) is 6.43. The Hall–Kier alpha value is -1.17. The summed E-state index contributed by atoms with van der Waals surface area (Å²) in [5.74, 6) is 0.852. The van der Waals surface area contributed by atoms with Gasteiger partial charge in [0.1, 0.15) is 17.3 Å². The number of rotatable bonds is 6. The average Bonchev–Trinajstić information content (AvgIpc) is 2.48. The molecule has 4 nitrogen and oxygen atoms in total. The van der Waals surface area contributed by atoms with E-state index in [0.717, 1.165) is 37.4 Å². The van der Waals surface area contributed by atoms with Crippen molar-refractivity contribution in [1.29, 1.82) is 0 Å². The second-order valence-electron chi connectivity index (χ2n) is 5.04. The standard InChI is InChI=1S/C15H22N2O2S/c1-18-14-3-2-8-17(11-14)9-10-19-13-6-4-12(5-7-13)15(16)20/h4-7,14H,2-3,8-11H2,1H3,(H2,16,20). The topological polar surface area (TPSA) is 47.7 Å². The zero-order chi connectivity index (χ0) is 14.4. The number of benzene rings is 1. The maximum atomic E-state index is 5.75. The number of hydrogen-bond donors (Lipinski definition) is 1. The van der Waals surface area contributed by atoms with E-state index in [1.807, 2.05) is 24.3 Å². The molecule has 0 spiro atoms. The van der Waals surface area contributed by atoms with Gasteiger partial charge in [-0.05, 0) is 43.7 Å². The van der Waals surface area contributed by atoms with E-state index in [0.29, 0.717) is 17.7 Å². The number of likely N-dealkylation sites (tertiary alicyclic amines) is 1. The molecule has 2 N–H and O–H groups in total. The first kappa shape index (κ1) is 15.2. The SMILES string of the molecule is COC1CCCN(CCOc2ccc(C(N)=S)cc2)C1. The van der Waals surface area contributed by atoms with Crippen LogP contribution in [0.2, 0.25) is 0 Å². The molecule has 1 saturated heterocycles. The molecule has 0 aromatic heterocycles. The lowest BCUT2D eigenvalue weighted by molar-refractivity contribution is 0.0272. The summed E-state index contributed by atoms with van der Waals surface area (Å²) in [4.78, 5) is 2.80. The van der Waals surface area contributed by atoms with Crippen molar-refractivity contribution in [3.63, 3.8) is 0 Å². The predicted octanol–water partition coefficient (Wildman–Crippen LogP) is 1.81. The Bertz CT molecular complexity index is 436. The number of methoxy groups -OCH3 is 1. The highest BCUT2D eigenvalue weighted by Crippen LogP contribution is 2.14. The third kappa shape index (κ3) is 4.44. The molecular weight excluding hydrogens is 272 g/mol. The summed E-state index contributed by atoms with van der Waals surface area (Å²) >= 11 is 4.92. The molecule has 1 aromatic rings. The molecule has 1 fully saturated rings. The van der Waals surface area contributed by atoms with E-state index in [1.54, 1.807) is 7.11 Å². The van der Waals surface area contributed by atoms with Crippen LogP contribution in [-0.4, -0.2) is 49.3 Å². The fraction of sp³-hybridized carbons (Fsp3) is 0.533. The zero-order valence-corrected chi connectivity index (χ0v) is 12.7. The van der Waals surface area contributed by atoms with E-state index >= 15 is 0 Å². The molecule has 1 heterocycles. The molecule has 1 atom stereocenters. The van der Waals surface area contributed by atoms with Crippen LogP contribution in [0.1, 0.15) is 18.4 Å². The highest BCUT2D eigenvalue weighted by atomic mass is 32.1. The van der Waals surface area contributed by atoms with Crippen LogP contribution in [0.25, 0.3) is 0 Å². The van der Waals surface area contributed by atoms with Crippen molar-refractivity contribution in [2.75, 3.05) is 33.4 Å². The van der Waals surface area contributed by atoms with E-state index in [1.165, 1.54) is 6.42 Å². The average molecular weight is 294 g/mol. The van der Waals surface area contributed by atoms with Crippen molar-refractivity contribution in [3.8, 4) is 5.75 Å². The first-order valence-electron chi connectivity index (χ1n) is 6.97. The van der Waals surface area contributed by atoms with E-state index in [9.17, 15) is 0 Å². The lowest BCUT2D eigenvalue weighted by Crippen LogP contribution is -2.41. The number of ether oxygens (including phenoxy) is 2. The largest absolute Gasteiger partial charge is 0.492 e. The van der Waals surface area contributed by atoms with Gasteiger partial charge in [0.05, 0.1) is 6.10 Å².